The molecule has 0 spiro atoms. The summed E-state index contributed by atoms with van der Waals surface area (Å²) in [7, 11) is 0. The quantitative estimate of drug-likeness (QED) is 0.327. The van der Waals surface area contributed by atoms with Crippen LogP contribution in [0.4, 0.5) is 4.39 Å². The van der Waals surface area contributed by atoms with E-state index < -0.39 is 11.8 Å². The van der Waals surface area contributed by atoms with Crippen molar-refractivity contribution >= 4 is 5.97 Å². The number of benzene rings is 2. The average Bonchev–Trinajstić information content (AvgIpc) is 3.62. The Labute approximate surface area is 222 Å². The zero-order chi connectivity index (χ0) is 26.8. The Morgan fingerprint density at radius 3 is 2.46 bits per heavy atom. The average molecular weight is 526 g/mol. The number of aromatic nitrogens is 6. The van der Waals surface area contributed by atoms with Crippen molar-refractivity contribution in [2.45, 2.75) is 19.4 Å². The van der Waals surface area contributed by atoms with Crippen molar-refractivity contribution < 1.29 is 18.8 Å². The normalized spacial score (nSPS) is 14.5. The second-order valence-corrected chi connectivity index (χ2v) is 9.39. The van der Waals surface area contributed by atoms with Crippen LogP contribution in [0.3, 0.4) is 0 Å². The van der Waals surface area contributed by atoms with Crippen molar-refractivity contribution in [1.29, 1.82) is 0 Å². The summed E-state index contributed by atoms with van der Waals surface area (Å²) in [5.74, 6) is -0.851. The SMILES string of the molecule is O=C(O)C1CCN(Cc2ccc(-c3noc(-c4nnn(-c5ccccc5F)c4-c4ccncc4)n3)cc2)CC1. The number of hydrogen-bond acceptors (Lipinski definition) is 8. The van der Waals surface area contributed by atoms with Gasteiger partial charge in [-0.3, -0.25) is 14.7 Å². The Kier molecular flexibility index (Phi) is 6.64. The molecule has 0 amide bonds. The first kappa shape index (κ1) is 24.6. The van der Waals surface area contributed by atoms with Crippen LogP contribution >= 0.6 is 0 Å². The van der Waals surface area contributed by atoms with Crippen molar-refractivity contribution in [3.63, 3.8) is 0 Å². The molecule has 11 heteroatoms. The number of carboxylic acid groups (broad SMARTS) is 1. The number of hydrogen-bond donors (Lipinski definition) is 1. The number of carboxylic acids is 1. The Balaban J connectivity index is 1.25. The molecule has 1 N–H and O–H groups in total. The number of para-hydroxylation sites is 1. The van der Waals surface area contributed by atoms with E-state index in [-0.39, 0.29) is 17.5 Å². The van der Waals surface area contributed by atoms with Gasteiger partial charge < -0.3 is 9.63 Å². The Morgan fingerprint density at radius 1 is 1.00 bits per heavy atom. The molecule has 196 valence electrons. The van der Waals surface area contributed by atoms with Crippen LogP contribution in [0.25, 0.3) is 39.9 Å². The van der Waals surface area contributed by atoms with Gasteiger partial charge in [-0.2, -0.15) is 4.98 Å². The van der Waals surface area contributed by atoms with Crippen LogP contribution in [0, 0.1) is 11.7 Å². The molecule has 1 aliphatic rings. The third kappa shape index (κ3) is 5.04. The highest BCUT2D eigenvalue weighted by atomic mass is 19.1. The zero-order valence-corrected chi connectivity index (χ0v) is 20.8. The van der Waals surface area contributed by atoms with E-state index in [2.05, 4.69) is 30.3 Å². The van der Waals surface area contributed by atoms with Gasteiger partial charge in [0, 0.05) is 30.1 Å². The highest BCUT2D eigenvalue weighted by molar-refractivity contribution is 5.76. The van der Waals surface area contributed by atoms with Crippen molar-refractivity contribution in [3.8, 4) is 39.9 Å². The van der Waals surface area contributed by atoms with Crippen molar-refractivity contribution in [2.75, 3.05) is 13.1 Å². The van der Waals surface area contributed by atoms with Gasteiger partial charge in [0.1, 0.15) is 17.2 Å². The topological polar surface area (TPSA) is 123 Å². The molecule has 0 saturated carbocycles. The maximum atomic E-state index is 14.7. The van der Waals surface area contributed by atoms with Gasteiger partial charge in [0.05, 0.1) is 5.92 Å². The number of pyridine rings is 1. The summed E-state index contributed by atoms with van der Waals surface area (Å²) in [6.07, 6.45) is 4.60. The highest BCUT2D eigenvalue weighted by Gasteiger charge is 2.25. The van der Waals surface area contributed by atoms with Crippen LogP contribution < -0.4 is 0 Å². The van der Waals surface area contributed by atoms with E-state index >= 15 is 0 Å². The fourth-order valence-corrected chi connectivity index (χ4v) is 4.78. The summed E-state index contributed by atoms with van der Waals surface area (Å²) in [6, 6.07) is 17.7. The lowest BCUT2D eigenvalue weighted by Crippen LogP contribution is -2.35. The summed E-state index contributed by atoms with van der Waals surface area (Å²) in [4.78, 5) is 22.1. The number of halogens is 1. The van der Waals surface area contributed by atoms with Gasteiger partial charge in [-0.05, 0) is 55.8 Å². The molecule has 2 aromatic carbocycles. The molecular weight excluding hydrogens is 501 g/mol. The van der Waals surface area contributed by atoms with Crippen molar-refractivity contribution in [3.05, 3.63) is 84.4 Å². The number of rotatable bonds is 7. The summed E-state index contributed by atoms with van der Waals surface area (Å²) in [6.45, 7) is 2.28. The maximum Gasteiger partial charge on any atom is 0.306 e. The number of carbonyl (C=O) groups is 1. The van der Waals surface area contributed by atoms with Crippen LogP contribution in [0.1, 0.15) is 18.4 Å². The molecule has 1 saturated heterocycles. The molecule has 5 aromatic rings. The van der Waals surface area contributed by atoms with Gasteiger partial charge in [-0.15, -0.1) is 5.10 Å². The molecular formula is C28H24FN7O3. The minimum atomic E-state index is -0.707. The molecule has 0 radical (unpaired) electrons. The Morgan fingerprint density at radius 2 is 1.74 bits per heavy atom. The van der Waals surface area contributed by atoms with Gasteiger partial charge in [0.15, 0.2) is 5.69 Å². The van der Waals surface area contributed by atoms with Crippen LogP contribution in [0.2, 0.25) is 0 Å². The van der Waals surface area contributed by atoms with Crippen LogP contribution in [0.15, 0.2) is 77.6 Å². The second kappa shape index (κ2) is 10.5. The summed E-state index contributed by atoms with van der Waals surface area (Å²) < 4.78 is 21.7. The molecule has 0 aliphatic carbocycles. The van der Waals surface area contributed by atoms with Gasteiger partial charge in [-0.1, -0.05) is 46.8 Å². The van der Waals surface area contributed by atoms with Gasteiger partial charge in [0.25, 0.3) is 5.89 Å². The van der Waals surface area contributed by atoms with Crippen molar-refractivity contribution in [2.24, 2.45) is 5.92 Å². The number of likely N-dealkylation sites (tertiary alicyclic amines) is 1. The molecule has 1 fully saturated rings. The van der Waals surface area contributed by atoms with Crippen molar-refractivity contribution in [1.82, 2.24) is 35.0 Å². The van der Waals surface area contributed by atoms with Crippen LogP contribution in [-0.4, -0.2) is 59.2 Å². The summed E-state index contributed by atoms with van der Waals surface area (Å²) >= 11 is 0. The third-order valence-corrected chi connectivity index (χ3v) is 6.89. The van der Waals surface area contributed by atoms with E-state index in [9.17, 15) is 14.3 Å². The van der Waals surface area contributed by atoms with E-state index in [0.29, 0.717) is 35.6 Å². The summed E-state index contributed by atoms with van der Waals surface area (Å²) in [5.41, 5.74) is 3.66. The lowest BCUT2D eigenvalue weighted by atomic mass is 9.97. The van der Waals surface area contributed by atoms with E-state index in [4.69, 9.17) is 4.52 Å². The standard InChI is InChI=1S/C28H24FN7O3/c29-22-3-1-2-4-23(22)36-25(19-9-13-30-14-10-19)24(32-34-36)27-31-26(33-39-27)20-7-5-18(6-8-20)17-35-15-11-21(12-16-35)28(37)38/h1-10,13-14,21H,11-12,15-17H2,(H,37,38). The molecule has 0 bridgehead atoms. The van der Waals surface area contributed by atoms with E-state index in [0.717, 1.165) is 30.8 Å². The fourth-order valence-electron chi connectivity index (χ4n) is 4.78. The minimum absolute atomic E-state index is 0.157. The van der Waals surface area contributed by atoms with E-state index in [1.54, 1.807) is 42.7 Å². The fraction of sp³-hybridized carbons (Fsp3) is 0.214. The van der Waals surface area contributed by atoms with Gasteiger partial charge >= 0.3 is 5.97 Å². The summed E-state index contributed by atoms with van der Waals surface area (Å²) in [5, 5.41) is 21.8. The molecule has 0 unspecified atom stereocenters. The Bertz CT molecular complexity index is 1590. The number of aliphatic carboxylic acids is 1. The molecule has 0 atom stereocenters. The smallest absolute Gasteiger partial charge is 0.306 e. The molecule has 10 nitrogen and oxygen atoms in total. The number of piperidine rings is 1. The Hall–Kier alpha value is -4.77. The lowest BCUT2D eigenvalue weighted by Gasteiger charge is -2.30. The first-order chi connectivity index (χ1) is 19.1. The predicted molar refractivity (Wildman–Crippen MR) is 139 cm³/mol. The third-order valence-electron chi connectivity index (χ3n) is 6.89. The van der Waals surface area contributed by atoms with Gasteiger partial charge in [0.2, 0.25) is 5.82 Å². The first-order valence-electron chi connectivity index (χ1n) is 12.6. The van der Waals surface area contributed by atoms with E-state index in [1.807, 2.05) is 24.3 Å². The minimum Gasteiger partial charge on any atom is -0.481 e. The largest absolute Gasteiger partial charge is 0.481 e. The first-order valence-corrected chi connectivity index (χ1v) is 12.6. The molecule has 4 heterocycles. The molecule has 1 aliphatic heterocycles. The molecule has 3 aromatic heterocycles. The molecule has 39 heavy (non-hydrogen) atoms. The predicted octanol–water partition coefficient (Wildman–Crippen LogP) is 4.48. The van der Waals surface area contributed by atoms with Crippen LogP contribution in [0.5, 0.6) is 0 Å². The monoisotopic (exact) mass is 525 g/mol. The van der Waals surface area contributed by atoms with Crippen LogP contribution in [-0.2, 0) is 11.3 Å². The van der Waals surface area contributed by atoms with E-state index in [1.165, 1.54) is 10.7 Å². The number of nitrogens with zero attached hydrogens (tertiary/aromatic N) is 7. The highest BCUT2D eigenvalue weighted by Crippen LogP contribution is 2.32. The maximum absolute atomic E-state index is 14.7. The lowest BCUT2D eigenvalue weighted by molar-refractivity contribution is -0.143. The molecule has 6 rings (SSSR count). The van der Waals surface area contributed by atoms with Gasteiger partial charge in [-0.25, -0.2) is 9.07 Å². The second-order valence-electron chi connectivity index (χ2n) is 9.39. The zero-order valence-electron chi connectivity index (χ0n) is 20.8.